The Balaban J connectivity index is 2.34. The van der Waals surface area contributed by atoms with Crippen molar-refractivity contribution in [2.75, 3.05) is 11.4 Å². The minimum absolute atomic E-state index is 0.0939. The maximum Gasteiger partial charge on any atom is 0.405 e. The van der Waals surface area contributed by atoms with Crippen molar-refractivity contribution in [1.82, 2.24) is 0 Å². The number of nitriles is 1. The molecular weight excluding hydrogens is 321 g/mol. The van der Waals surface area contributed by atoms with E-state index < -0.39 is 12.7 Å². The van der Waals surface area contributed by atoms with E-state index in [1.165, 1.54) is 4.90 Å². The molecule has 102 valence electrons. The van der Waals surface area contributed by atoms with E-state index in [0.717, 1.165) is 18.4 Å². The Kier molecular flexibility index (Phi) is 4.04. The summed E-state index contributed by atoms with van der Waals surface area (Å²) in [5.74, 6) is 0. The summed E-state index contributed by atoms with van der Waals surface area (Å²) in [6.45, 7) is -1.000. The Morgan fingerprint density at radius 1 is 1.37 bits per heavy atom. The highest BCUT2D eigenvalue weighted by atomic mass is 79.9. The van der Waals surface area contributed by atoms with Crippen LogP contribution in [0.2, 0.25) is 0 Å². The Morgan fingerprint density at radius 3 is 2.53 bits per heavy atom. The molecule has 6 heteroatoms. The molecule has 0 aliphatic heterocycles. The first-order chi connectivity index (χ1) is 8.94. The largest absolute Gasteiger partial charge is 0.405 e. The molecule has 0 amide bonds. The van der Waals surface area contributed by atoms with E-state index in [2.05, 4.69) is 15.9 Å². The summed E-state index contributed by atoms with van der Waals surface area (Å²) in [5, 5.41) is 9.69. The lowest BCUT2D eigenvalue weighted by molar-refractivity contribution is -0.120. The van der Waals surface area contributed by atoms with Crippen LogP contribution in [0.4, 0.5) is 18.9 Å². The molecule has 2 rings (SSSR count). The average Bonchev–Trinajstić information content (AvgIpc) is 3.18. The molecule has 19 heavy (non-hydrogen) atoms. The molecule has 0 heterocycles. The minimum atomic E-state index is -4.26. The number of hydrogen-bond acceptors (Lipinski definition) is 2. The van der Waals surface area contributed by atoms with Crippen molar-refractivity contribution in [2.45, 2.75) is 30.4 Å². The first-order valence-electron chi connectivity index (χ1n) is 5.87. The molecule has 1 aromatic carbocycles. The summed E-state index contributed by atoms with van der Waals surface area (Å²) in [6, 6.07) is 6.89. The van der Waals surface area contributed by atoms with Crippen molar-refractivity contribution in [3.63, 3.8) is 0 Å². The maximum atomic E-state index is 12.6. The van der Waals surface area contributed by atoms with Crippen LogP contribution in [0.3, 0.4) is 0 Å². The van der Waals surface area contributed by atoms with Gasteiger partial charge in [-0.3, -0.25) is 0 Å². The van der Waals surface area contributed by atoms with E-state index in [1.54, 1.807) is 18.2 Å². The molecule has 1 saturated carbocycles. The predicted molar refractivity (Wildman–Crippen MR) is 70.2 cm³/mol. The molecule has 0 bridgehead atoms. The fourth-order valence-corrected chi connectivity index (χ4v) is 2.35. The third-order valence-corrected chi connectivity index (χ3v) is 3.63. The van der Waals surface area contributed by atoms with Crippen molar-refractivity contribution < 1.29 is 13.2 Å². The van der Waals surface area contributed by atoms with E-state index in [0.29, 0.717) is 16.6 Å². The van der Waals surface area contributed by atoms with Crippen LogP contribution in [-0.4, -0.2) is 18.8 Å². The summed E-state index contributed by atoms with van der Waals surface area (Å²) < 4.78 is 37.9. The number of benzene rings is 1. The third kappa shape index (κ3) is 3.63. The molecule has 1 aromatic rings. The standard InChI is InChI=1S/C13H12BrF3N2/c14-6-9-1-4-12(10(5-9)7-18)19(11-2-3-11)8-13(15,16)17/h1,4-5,11H,2-3,6,8H2. The molecule has 2 nitrogen and oxygen atoms in total. The minimum Gasteiger partial charge on any atom is -0.358 e. The second kappa shape index (κ2) is 5.41. The number of alkyl halides is 4. The number of nitrogens with zero attached hydrogens (tertiary/aromatic N) is 2. The summed E-state index contributed by atoms with van der Waals surface area (Å²) in [7, 11) is 0. The maximum absolute atomic E-state index is 12.6. The van der Waals surface area contributed by atoms with E-state index in [4.69, 9.17) is 5.26 Å². The highest BCUT2D eigenvalue weighted by Crippen LogP contribution is 2.36. The quantitative estimate of drug-likeness (QED) is 0.779. The molecule has 0 atom stereocenters. The third-order valence-electron chi connectivity index (χ3n) is 2.98. The highest BCUT2D eigenvalue weighted by molar-refractivity contribution is 9.08. The molecule has 1 fully saturated rings. The fourth-order valence-electron chi connectivity index (χ4n) is 2.00. The van der Waals surface area contributed by atoms with Gasteiger partial charge in [0.2, 0.25) is 0 Å². The van der Waals surface area contributed by atoms with Gasteiger partial charge < -0.3 is 4.90 Å². The average molecular weight is 333 g/mol. The van der Waals surface area contributed by atoms with Crippen LogP contribution in [-0.2, 0) is 5.33 Å². The van der Waals surface area contributed by atoms with Crippen molar-refractivity contribution in [3.8, 4) is 6.07 Å². The molecule has 0 aromatic heterocycles. The van der Waals surface area contributed by atoms with Crippen LogP contribution < -0.4 is 4.90 Å². The molecule has 0 saturated heterocycles. The van der Waals surface area contributed by atoms with Gasteiger partial charge in [0.05, 0.1) is 11.3 Å². The summed E-state index contributed by atoms with van der Waals surface area (Å²) in [5.41, 5.74) is 1.56. The topological polar surface area (TPSA) is 27.0 Å². The molecule has 0 N–H and O–H groups in total. The van der Waals surface area contributed by atoms with Gasteiger partial charge in [-0.15, -0.1) is 0 Å². The normalized spacial score (nSPS) is 15.1. The van der Waals surface area contributed by atoms with Gasteiger partial charge in [-0.2, -0.15) is 18.4 Å². The lowest BCUT2D eigenvalue weighted by atomic mass is 10.1. The number of hydrogen-bond donors (Lipinski definition) is 0. The van der Waals surface area contributed by atoms with Crippen molar-refractivity contribution in [1.29, 1.82) is 5.26 Å². The van der Waals surface area contributed by atoms with Gasteiger partial charge in [0.15, 0.2) is 0 Å². The summed E-state index contributed by atoms with van der Waals surface area (Å²) in [4.78, 5) is 1.30. The van der Waals surface area contributed by atoms with Crippen LogP contribution in [0.15, 0.2) is 18.2 Å². The number of anilines is 1. The predicted octanol–water partition coefficient (Wildman–Crippen LogP) is 3.98. The Hall–Kier alpha value is -1.22. The van der Waals surface area contributed by atoms with Crippen molar-refractivity contribution >= 4 is 21.6 Å². The van der Waals surface area contributed by atoms with Crippen molar-refractivity contribution in [2.24, 2.45) is 0 Å². The zero-order chi connectivity index (χ0) is 14.0. The molecular formula is C13H12BrF3N2. The van der Waals surface area contributed by atoms with E-state index in [1.807, 2.05) is 6.07 Å². The Bertz CT molecular complexity index is 504. The van der Waals surface area contributed by atoms with Gasteiger partial charge in [-0.05, 0) is 30.5 Å². The lowest BCUT2D eigenvalue weighted by Gasteiger charge is -2.27. The fraction of sp³-hybridized carbons (Fsp3) is 0.462. The van der Waals surface area contributed by atoms with Gasteiger partial charge in [0.1, 0.15) is 12.6 Å². The first kappa shape index (κ1) is 14.2. The summed E-state index contributed by atoms with van der Waals surface area (Å²) >= 11 is 3.27. The van der Waals surface area contributed by atoms with Gasteiger partial charge in [0, 0.05) is 11.4 Å². The second-order valence-electron chi connectivity index (χ2n) is 4.57. The van der Waals surface area contributed by atoms with Crippen molar-refractivity contribution in [3.05, 3.63) is 29.3 Å². The Labute approximate surface area is 117 Å². The zero-order valence-electron chi connectivity index (χ0n) is 10.0. The van der Waals surface area contributed by atoms with Gasteiger partial charge in [-0.25, -0.2) is 0 Å². The van der Waals surface area contributed by atoms with Gasteiger partial charge in [-0.1, -0.05) is 22.0 Å². The Morgan fingerprint density at radius 2 is 2.05 bits per heavy atom. The van der Waals surface area contributed by atoms with E-state index >= 15 is 0 Å². The van der Waals surface area contributed by atoms with Crippen LogP contribution >= 0.6 is 15.9 Å². The lowest BCUT2D eigenvalue weighted by Crippen LogP contribution is -2.36. The molecule has 0 unspecified atom stereocenters. The summed E-state index contributed by atoms with van der Waals surface area (Å²) in [6.07, 6.45) is -2.76. The first-order valence-corrected chi connectivity index (χ1v) is 6.99. The van der Waals surface area contributed by atoms with E-state index in [9.17, 15) is 13.2 Å². The van der Waals surface area contributed by atoms with Crippen LogP contribution in [0.5, 0.6) is 0 Å². The zero-order valence-corrected chi connectivity index (χ0v) is 11.6. The monoisotopic (exact) mass is 332 g/mol. The molecule has 1 aliphatic carbocycles. The van der Waals surface area contributed by atoms with Crippen LogP contribution in [0.1, 0.15) is 24.0 Å². The number of rotatable bonds is 4. The van der Waals surface area contributed by atoms with E-state index in [-0.39, 0.29) is 6.04 Å². The number of halogens is 4. The highest BCUT2D eigenvalue weighted by Gasteiger charge is 2.38. The molecule has 1 aliphatic rings. The molecule has 0 spiro atoms. The van der Waals surface area contributed by atoms with Crippen LogP contribution in [0, 0.1) is 11.3 Å². The van der Waals surface area contributed by atoms with Gasteiger partial charge >= 0.3 is 6.18 Å². The van der Waals surface area contributed by atoms with Gasteiger partial charge in [0.25, 0.3) is 0 Å². The second-order valence-corrected chi connectivity index (χ2v) is 5.13. The molecule has 0 radical (unpaired) electrons. The SMILES string of the molecule is N#Cc1cc(CBr)ccc1N(CC(F)(F)F)C1CC1. The smallest absolute Gasteiger partial charge is 0.358 e. The van der Waals surface area contributed by atoms with Crippen LogP contribution in [0.25, 0.3) is 0 Å².